The van der Waals surface area contributed by atoms with Gasteiger partial charge in [0.1, 0.15) is 5.75 Å². The van der Waals surface area contributed by atoms with Crippen molar-refractivity contribution >= 4 is 17.4 Å². The van der Waals surface area contributed by atoms with Crippen molar-refractivity contribution in [2.75, 3.05) is 14.2 Å². The zero-order valence-electron chi connectivity index (χ0n) is 16.0. The van der Waals surface area contributed by atoms with E-state index in [1.54, 1.807) is 43.5 Å². The van der Waals surface area contributed by atoms with E-state index in [1.165, 1.54) is 7.11 Å². The van der Waals surface area contributed by atoms with E-state index in [-0.39, 0.29) is 11.3 Å². The van der Waals surface area contributed by atoms with Crippen LogP contribution in [0.25, 0.3) is 5.70 Å². The van der Waals surface area contributed by atoms with Gasteiger partial charge in [-0.1, -0.05) is 18.2 Å². The van der Waals surface area contributed by atoms with Crippen LogP contribution >= 0.6 is 0 Å². The van der Waals surface area contributed by atoms with Crippen molar-refractivity contribution in [1.82, 2.24) is 5.32 Å². The Morgan fingerprint density at radius 3 is 2.56 bits per heavy atom. The monoisotopic (exact) mass is 365 g/mol. The van der Waals surface area contributed by atoms with Crippen molar-refractivity contribution in [1.29, 1.82) is 0 Å². The molecule has 0 atom stereocenters. The van der Waals surface area contributed by atoms with Crippen LogP contribution in [0.4, 0.5) is 0 Å². The molecule has 2 aromatic carbocycles. The number of methoxy groups -OCH3 is 2. The van der Waals surface area contributed by atoms with Crippen LogP contribution in [0, 0.1) is 0 Å². The van der Waals surface area contributed by atoms with E-state index in [9.17, 15) is 9.59 Å². The van der Waals surface area contributed by atoms with Crippen LogP contribution in [0.2, 0.25) is 0 Å². The number of carbonyl (C=O) groups is 2. The van der Waals surface area contributed by atoms with Crippen LogP contribution in [0.5, 0.6) is 5.75 Å². The molecule has 1 aliphatic heterocycles. The number of benzene rings is 2. The van der Waals surface area contributed by atoms with Crippen LogP contribution < -0.4 is 10.1 Å². The number of carbonyl (C=O) groups excluding carboxylic acids is 2. The first-order valence-electron chi connectivity index (χ1n) is 8.73. The van der Waals surface area contributed by atoms with E-state index in [4.69, 9.17) is 9.47 Å². The van der Waals surface area contributed by atoms with Gasteiger partial charge >= 0.3 is 5.97 Å². The fourth-order valence-electron chi connectivity index (χ4n) is 3.35. The first-order chi connectivity index (χ1) is 12.8. The molecule has 0 radical (unpaired) electrons. The zero-order valence-corrected chi connectivity index (χ0v) is 16.0. The minimum Gasteiger partial charge on any atom is -0.496 e. The SMILES string of the molecule is COC(=O)c1ccc2c(c1)C(=CC(=O)c1ccccc1OC)NC(C)(C)C2. The highest BCUT2D eigenvalue weighted by atomic mass is 16.5. The van der Waals surface area contributed by atoms with Gasteiger partial charge in [-0.25, -0.2) is 4.79 Å². The van der Waals surface area contributed by atoms with Crippen molar-refractivity contribution in [3.05, 3.63) is 70.8 Å². The van der Waals surface area contributed by atoms with E-state index in [1.807, 2.05) is 12.1 Å². The lowest BCUT2D eigenvalue weighted by atomic mass is 9.84. The van der Waals surface area contributed by atoms with Crippen molar-refractivity contribution in [3.63, 3.8) is 0 Å². The molecule has 27 heavy (non-hydrogen) atoms. The third kappa shape index (κ3) is 3.87. The molecule has 0 unspecified atom stereocenters. The number of allylic oxidation sites excluding steroid dienone is 1. The molecule has 1 N–H and O–H groups in total. The second kappa shape index (κ2) is 7.27. The van der Waals surface area contributed by atoms with Gasteiger partial charge in [0.05, 0.1) is 25.3 Å². The molecule has 0 aliphatic carbocycles. The van der Waals surface area contributed by atoms with E-state index >= 15 is 0 Å². The number of ketones is 1. The van der Waals surface area contributed by atoms with Crippen molar-refractivity contribution < 1.29 is 19.1 Å². The lowest BCUT2D eigenvalue weighted by Gasteiger charge is -2.35. The second-order valence-electron chi connectivity index (χ2n) is 7.17. The quantitative estimate of drug-likeness (QED) is 0.509. The fraction of sp³-hybridized carbons (Fsp3) is 0.273. The maximum atomic E-state index is 12.9. The maximum absolute atomic E-state index is 12.9. The van der Waals surface area contributed by atoms with Gasteiger partial charge in [-0.15, -0.1) is 0 Å². The van der Waals surface area contributed by atoms with E-state index < -0.39 is 5.97 Å². The summed E-state index contributed by atoms with van der Waals surface area (Å²) in [5.41, 5.74) is 3.32. The predicted molar refractivity (Wildman–Crippen MR) is 104 cm³/mol. The molecule has 0 amide bonds. The summed E-state index contributed by atoms with van der Waals surface area (Å²) in [6, 6.07) is 12.6. The standard InChI is InChI=1S/C22H23NO4/c1-22(2)13-15-10-9-14(21(25)27-4)11-17(15)18(23-22)12-19(24)16-7-5-6-8-20(16)26-3/h5-12,23H,13H2,1-4H3. The first-order valence-corrected chi connectivity index (χ1v) is 8.73. The molecule has 3 rings (SSSR count). The zero-order chi connectivity index (χ0) is 19.6. The molecule has 5 nitrogen and oxygen atoms in total. The summed E-state index contributed by atoms with van der Waals surface area (Å²) in [6.07, 6.45) is 2.35. The molecular weight excluding hydrogens is 342 g/mol. The predicted octanol–water partition coefficient (Wildman–Crippen LogP) is 3.63. The van der Waals surface area contributed by atoms with Gasteiger partial charge < -0.3 is 14.8 Å². The first kappa shape index (κ1) is 18.7. The van der Waals surface area contributed by atoms with Crippen LogP contribution in [-0.4, -0.2) is 31.5 Å². The van der Waals surface area contributed by atoms with Gasteiger partial charge in [-0.3, -0.25) is 4.79 Å². The largest absolute Gasteiger partial charge is 0.496 e. The third-order valence-corrected chi connectivity index (χ3v) is 4.57. The highest BCUT2D eigenvalue weighted by molar-refractivity contribution is 6.10. The summed E-state index contributed by atoms with van der Waals surface area (Å²) >= 11 is 0. The lowest BCUT2D eigenvalue weighted by Crippen LogP contribution is -2.44. The fourth-order valence-corrected chi connectivity index (χ4v) is 3.35. The number of hydrogen-bond donors (Lipinski definition) is 1. The molecule has 2 aromatic rings. The Balaban J connectivity index is 2.08. The molecular formula is C22H23NO4. The van der Waals surface area contributed by atoms with Gasteiger partial charge in [0.15, 0.2) is 5.78 Å². The number of fused-ring (bicyclic) bond motifs is 1. The topological polar surface area (TPSA) is 64.6 Å². The Morgan fingerprint density at radius 2 is 1.85 bits per heavy atom. The van der Waals surface area contributed by atoms with Crippen LogP contribution in [-0.2, 0) is 11.2 Å². The maximum Gasteiger partial charge on any atom is 0.337 e. The van der Waals surface area contributed by atoms with E-state index in [0.29, 0.717) is 22.6 Å². The summed E-state index contributed by atoms with van der Waals surface area (Å²) in [5.74, 6) is -0.0435. The summed E-state index contributed by atoms with van der Waals surface area (Å²) in [6.45, 7) is 4.15. The Hall–Kier alpha value is -3.08. The lowest BCUT2D eigenvalue weighted by molar-refractivity contribution is 0.0600. The molecule has 1 aliphatic rings. The molecule has 1 heterocycles. The number of hydrogen-bond acceptors (Lipinski definition) is 5. The van der Waals surface area contributed by atoms with Crippen LogP contribution in [0.1, 0.15) is 45.7 Å². The summed E-state index contributed by atoms with van der Waals surface area (Å²) in [4.78, 5) is 24.8. The Bertz CT molecular complexity index is 928. The van der Waals surface area contributed by atoms with Gasteiger partial charge in [0, 0.05) is 22.9 Å². The molecule has 0 spiro atoms. The van der Waals surface area contributed by atoms with Gasteiger partial charge in [-0.2, -0.15) is 0 Å². The average Bonchev–Trinajstić information content (AvgIpc) is 2.66. The molecule has 0 bridgehead atoms. The van der Waals surface area contributed by atoms with Crippen molar-refractivity contribution in [3.8, 4) is 5.75 Å². The summed E-state index contributed by atoms with van der Waals surface area (Å²) in [5, 5.41) is 3.42. The highest BCUT2D eigenvalue weighted by Crippen LogP contribution is 2.31. The molecule has 0 aromatic heterocycles. The number of rotatable bonds is 4. The second-order valence-corrected chi connectivity index (χ2v) is 7.17. The molecule has 140 valence electrons. The van der Waals surface area contributed by atoms with E-state index in [2.05, 4.69) is 19.2 Å². The number of esters is 1. The molecule has 0 saturated carbocycles. The Kier molecular flexibility index (Phi) is 5.04. The van der Waals surface area contributed by atoms with Gasteiger partial charge in [-0.05, 0) is 50.1 Å². The Labute approximate surface area is 159 Å². The molecule has 5 heteroatoms. The third-order valence-electron chi connectivity index (χ3n) is 4.57. The number of ether oxygens (including phenoxy) is 2. The van der Waals surface area contributed by atoms with Crippen molar-refractivity contribution in [2.45, 2.75) is 25.8 Å². The Morgan fingerprint density at radius 1 is 1.11 bits per heavy atom. The highest BCUT2D eigenvalue weighted by Gasteiger charge is 2.29. The number of para-hydroxylation sites is 1. The minimum atomic E-state index is -0.405. The van der Waals surface area contributed by atoms with Gasteiger partial charge in [0.25, 0.3) is 0 Å². The molecule has 0 fully saturated rings. The van der Waals surface area contributed by atoms with E-state index in [0.717, 1.165) is 17.5 Å². The number of nitrogens with one attached hydrogen (secondary N) is 1. The van der Waals surface area contributed by atoms with Crippen molar-refractivity contribution in [2.24, 2.45) is 0 Å². The average molecular weight is 365 g/mol. The van der Waals surface area contributed by atoms with Crippen LogP contribution in [0.15, 0.2) is 48.5 Å². The van der Waals surface area contributed by atoms with Crippen LogP contribution in [0.3, 0.4) is 0 Å². The summed E-state index contributed by atoms with van der Waals surface area (Å²) in [7, 11) is 2.89. The summed E-state index contributed by atoms with van der Waals surface area (Å²) < 4.78 is 10.1. The smallest absolute Gasteiger partial charge is 0.337 e. The van der Waals surface area contributed by atoms with Gasteiger partial charge in [0.2, 0.25) is 0 Å². The minimum absolute atomic E-state index is 0.165. The normalized spacial score (nSPS) is 16.2. The molecule has 0 saturated heterocycles.